The zero-order chi connectivity index (χ0) is 19.1. The summed E-state index contributed by atoms with van der Waals surface area (Å²) in [6.07, 6.45) is 8.07. The average Bonchev–Trinajstić information content (AvgIpc) is 3.13. The molecule has 4 aliphatic rings. The molecule has 148 valence electrons. The van der Waals surface area contributed by atoms with Crippen molar-refractivity contribution in [3.05, 3.63) is 41.9 Å². The van der Waals surface area contributed by atoms with Crippen LogP contribution in [-0.4, -0.2) is 17.7 Å². The average molecular weight is 383 g/mol. The first kappa shape index (κ1) is 17.7. The van der Waals surface area contributed by atoms with Gasteiger partial charge in [0.15, 0.2) is 5.76 Å². The van der Waals surface area contributed by atoms with E-state index in [1.807, 2.05) is 0 Å². The quantitative estimate of drug-likeness (QED) is 0.799. The molecule has 2 amide bonds. The van der Waals surface area contributed by atoms with E-state index in [1.165, 1.54) is 50.7 Å². The van der Waals surface area contributed by atoms with Crippen molar-refractivity contribution in [3.8, 4) is 11.3 Å². The van der Waals surface area contributed by atoms with E-state index in [0.29, 0.717) is 16.9 Å². The molecular weight excluding hydrogens is 357 g/mol. The second-order valence-corrected chi connectivity index (χ2v) is 9.14. The fourth-order valence-electron chi connectivity index (χ4n) is 6.16. The van der Waals surface area contributed by atoms with Crippen LogP contribution in [0.1, 0.15) is 44.3 Å². The van der Waals surface area contributed by atoms with Crippen LogP contribution in [0.5, 0.6) is 0 Å². The van der Waals surface area contributed by atoms with Gasteiger partial charge in [-0.05, 0) is 86.0 Å². The van der Waals surface area contributed by atoms with E-state index in [9.17, 15) is 9.18 Å². The smallest absolute Gasteiger partial charge is 0.315 e. The lowest BCUT2D eigenvalue weighted by atomic mass is 9.49. The Morgan fingerprint density at radius 1 is 1.07 bits per heavy atom. The summed E-state index contributed by atoms with van der Waals surface area (Å²) >= 11 is 0. The highest BCUT2D eigenvalue weighted by Gasteiger charge is 2.50. The lowest BCUT2D eigenvalue weighted by Gasteiger charge is -2.56. The van der Waals surface area contributed by atoms with Gasteiger partial charge in [-0.2, -0.15) is 0 Å². The summed E-state index contributed by atoms with van der Waals surface area (Å²) in [5.74, 6) is 2.94. The number of nitrogens with one attached hydrogen (secondary N) is 2. The third-order valence-corrected chi connectivity index (χ3v) is 6.91. The van der Waals surface area contributed by atoms with Crippen molar-refractivity contribution < 1.29 is 13.7 Å². The number of carbonyl (C=O) groups excluding carboxylic acids is 1. The van der Waals surface area contributed by atoms with E-state index in [2.05, 4.69) is 15.8 Å². The summed E-state index contributed by atoms with van der Waals surface area (Å²) in [5.41, 5.74) is 1.74. The SMILES string of the molecule is O=C(NCc1cc(-c2ccc(F)cc2)no1)NCC12CC3CC(CC(C3)C1)C2. The van der Waals surface area contributed by atoms with Gasteiger partial charge in [0.2, 0.25) is 0 Å². The number of nitrogens with zero attached hydrogens (tertiary/aromatic N) is 1. The van der Waals surface area contributed by atoms with Crippen LogP contribution in [0.15, 0.2) is 34.9 Å². The summed E-state index contributed by atoms with van der Waals surface area (Å²) in [4.78, 5) is 12.3. The van der Waals surface area contributed by atoms with Crippen LogP contribution in [0.25, 0.3) is 11.3 Å². The molecule has 1 heterocycles. The fourth-order valence-corrected chi connectivity index (χ4v) is 6.16. The zero-order valence-corrected chi connectivity index (χ0v) is 15.9. The number of benzene rings is 1. The van der Waals surface area contributed by atoms with Crippen LogP contribution in [0, 0.1) is 29.0 Å². The largest absolute Gasteiger partial charge is 0.359 e. The third-order valence-electron chi connectivity index (χ3n) is 6.91. The van der Waals surface area contributed by atoms with Gasteiger partial charge in [-0.1, -0.05) is 5.16 Å². The molecule has 28 heavy (non-hydrogen) atoms. The van der Waals surface area contributed by atoms with Gasteiger partial charge in [-0.3, -0.25) is 0 Å². The number of amides is 2. The Labute approximate surface area is 164 Å². The molecule has 0 radical (unpaired) electrons. The zero-order valence-electron chi connectivity index (χ0n) is 15.9. The molecule has 2 N–H and O–H groups in total. The molecule has 0 saturated heterocycles. The minimum absolute atomic E-state index is 0.157. The van der Waals surface area contributed by atoms with Gasteiger partial charge < -0.3 is 15.2 Å². The van der Waals surface area contributed by atoms with E-state index < -0.39 is 0 Å². The van der Waals surface area contributed by atoms with Gasteiger partial charge >= 0.3 is 6.03 Å². The fraction of sp³-hybridized carbons (Fsp3) is 0.545. The highest BCUT2D eigenvalue weighted by Crippen LogP contribution is 2.59. The molecule has 4 fully saturated rings. The Kier molecular flexibility index (Phi) is 4.37. The Balaban J connectivity index is 1.13. The number of aromatic nitrogens is 1. The molecule has 0 spiro atoms. The van der Waals surface area contributed by atoms with E-state index in [1.54, 1.807) is 18.2 Å². The minimum Gasteiger partial charge on any atom is -0.359 e. The molecule has 0 aliphatic heterocycles. The van der Waals surface area contributed by atoms with Crippen molar-refractivity contribution >= 4 is 6.03 Å². The lowest BCUT2D eigenvalue weighted by molar-refractivity contribution is -0.0498. The monoisotopic (exact) mass is 383 g/mol. The number of urea groups is 1. The molecule has 4 saturated carbocycles. The summed E-state index contributed by atoms with van der Waals surface area (Å²) in [6, 6.07) is 7.70. The maximum absolute atomic E-state index is 13.0. The van der Waals surface area contributed by atoms with Crippen LogP contribution < -0.4 is 10.6 Å². The molecule has 6 heteroatoms. The van der Waals surface area contributed by atoms with Gasteiger partial charge in [0.05, 0.1) is 6.54 Å². The van der Waals surface area contributed by atoms with Gasteiger partial charge in [-0.15, -0.1) is 0 Å². The van der Waals surface area contributed by atoms with Crippen molar-refractivity contribution in [1.82, 2.24) is 15.8 Å². The molecule has 0 unspecified atom stereocenters. The first-order valence-corrected chi connectivity index (χ1v) is 10.3. The Morgan fingerprint density at radius 3 is 2.36 bits per heavy atom. The number of hydrogen-bond acceptors (Lipinski definition) is 3. The van der Waals surface area contributed by atoms with Crippen LogP contribution in [0.2, 0.25) is 0 Å². The third kappa shape index (κ3) is 3.52. The summed E-state index contributed by atoms with van der Waals surface area (Å²) in [7, 11) is 0. The molecule has 0 atom stereocenters. The molecule has 5 nitrogen and oxygen atoms in total. The van der Waals surface area contributed by atoms with Crippen molar-refractivity contribution in [3.63, 3.8) is 0 Å². The maximum atomic E-state index is 13.0. The highest BCUT2D eigenvalue weighted by atomic mass is 19.1. The predicted octanol–water partition coefficient (Wildman–Crippen LogP) is 4.50. The first-order chi connectivity index (χ1) is 13.6. The van der Waals surface area contributed by atoms with Crippen LogP contribution in [0.4, 0.5) is 9.18 Å². The molecule has 4 bridgehead atoms. The predicted molar refractivity (Wildman–Crippen MR) is 103 cm³/mol. The van der Waals surface area contributed by atoms with E-state index in [4.69, 9.17) is 4.52 Å². The Bertz CT molecular complexity index is 826. The van der Waals surface area contributed by atoms with Gasteiger partial charge in [0.25, 0.3) is 0 Å². The van der Waals surface area contributed by atoms with Crippen molar-refractivity contribution in [2.75, 3.05) is 6.54 Å². The van der Waals surface area contributed by atoms with Crippen molar-refractivity contribution in [2.24, 2.45) is 23.2 Å². The van der Waals surface area contributed by atoms with E-state index >= 15 is 0 Å². The van der Waals surface area contributed by atoms with Crippen molar-refractivity contribution in [2.45, 2.75) is 45.1 Å². The second-order valence-electron chi connectivity index (χ2n) is 9.14. The molecule has 1 aromatic heterocycles. The summed E-state index contributed by atoms with van der Waals surface area (Å²) in [6.45, 7) is 1.06. The van der Waals surface area contributed by atoms with Crippen LogP contribution in [0.3, 0.4) is 0 Å². The van der Waals surface area contributed by atoms with E-state index in [0.717, 1.165) is 29.9 Å². The Hall–Kier alpha value is -2.37. The van der Waals surface area contributed by atoms with Gasteiger partial charge in [-0.25, -0.2) is 9.18 Å². The molecule has 2 aromatic rings. The molecule has 1 aromatic carbocycles. The standard InChI is InChI=1S/C22H26FN3O2/c23-18-3-1-17(2-4-18)20-8-19(28-26-20)12-24-21(27)25-13-22-9-14-5-15(10-22)7-16(6-14)11-22/h1-4,8,14-16H,5-7,9-13H2,(H2,24,25,27). The highest BCUT2D eigenvalue weighted by molar-refractivity contribution is 5.73. The van der Waals surface area contributed by atoms with Crippen molar-refractivity contribution in [1.29, 1.82) is 0 Å². The minimum atomic E-state index is -0.287. The molecule has 4 aliphatic carbocycles. The van der Waals surface area contributed by atoms with Gasteiger partial charge in [0, 0.05) is 18.2 Å². The normalized spacial score (nSPS) is 30.4. The van der Waals surface area contributed by atoms with Gasteiger partial charge in [0.1, 0.15) is 11.5 Å². The summed E-state index contributed by atoms with van der Waals surface area (Å²) in [5, 5.41) is 9.96. The number of carbonyl (C=O) groups is 1. The summed E-state index contributed by atoms with van der Waals surface area (Å²) < 4.78 is 18.3. The number of rotatable bonds is 5. The number of hydrogen-bond donors (Lipinski definition) is 2. The molecular formula is C22H26FN3O2. The lowest BCUT2D eigenvalue weighted by Crippen LogP contribution is -2.52. The Morgan fingerprint density at radius 2 is 1.71 bits per heavy atom. The topological polar surface area (TPSA) is 67.2 Å². The second kappa shape index (κ2) is 6.90. The van der Waals surface area contributed by atoms with E-state index in [-0.39, 0.29) is 18.4 Å². The van der Waals surface area contributed by atoms with Crippen LogP contribution in [-0.2, 0) is 6.54 Å². The first-order valence-electron chi connectivity index (χ1n) is 10.3. The molecule has 6 rings (SSSR count). The van der Waals surface area contributed by atoms with Crippen LogP contribution >= 0.6 is 0 Å². The maximum Gasteiger partial charge on any atom is 0.315 e. The number of halogens is 1.